The number of aromatic amines is 1. The van der Waals surface area contributed by atoms with Gasteiger partial charge in [-0.1, -0.05) is 12.1 Å². The fourth-order valence-corrected chi connectivity index (χ4v) is 3.10. The van der Waals surface area contributed by atoms with Crippen LogP contribution in [0.15, 0.2) is 48.2 Å². The number of fused-ring (bicyclic) bond motifs is 1. The fraction of sp³-hybridized carbons (Fsp3) is 0.118. The van der Waals surface area contributed by atoms with Gasteiger partial charge in [-0.2, -0.15) is 0 Å². The van der Waals surface area contributed by atoms with E-state index in [0.717, 1.165) is 27.4 Å². The summed E-state index contributed by atoms with van der Waals surface area (Å²) in [5, 5.41) is 6.00. The number of H-pyrrole nitrogens is 1. The minimum atomic E-state index is 0. The van der Waals surface area contributed by atoms with E-state index < -0.39 is 0 Å². The van der Waals surface area contributed by atoms with Crippen molar-refractivity contribution in [2.75, 3.05) is 5.32 Å². The number of imidazole rings is 1. The molecule has 0 saturated heterocycles. The molecule has 3 heterocycles. The van der Waals surface area contributed by atoms with Gasteiger partial charge in [-0.25, -0.2) is 15.0 Å². The van der Waals surface area contributed by atoms with E-state index in [9.17, 15) is 0 Å². The quantitative estimate of drug-likeness (QED) is 0.490. The Morgan fingerprint density at radius 3 is 2.85 bits per heavy atom. The van der Waals surface area contributed by atoms with Crippen LogP contribution in [0.4, 0.5) is 10.9 Å². The molecule has 0 amide bonds. The second-order valence-electron chi connectivity index (χ2n) is 5.27. The predicted molar refractivity (Wildman–Crippen MR) is 109 cm³/mol. The van der Waals surface area contributed by atoms with E-state index in [1.165, 1.54) is 11.3 Å². The molecular weight excluding hydrogens is 393 g/mol. The van der Waals surface area contributed by atoms with Crippen molar-refractivity contribution in [1.82, 2.24) is 19.9 Å². The summed E-state index contributed by atoms with van der Waals surface area (Å²) in [6, 6.07) is 9.73. The van der Waals surface area contributed by atoms with Crippen molar-refractivity contribution in [3.8, 4) is 5.75 Å². The van der Waals surface area contributed by atoms with Crippen LogP contribution in [0, 0.1) is 6.92 Å². The van der Waals surface area contributed by atoms with Gasteiger partial charge < -0.3 is 15.0 Å². The summed E-state index contributed by atoms with van der Waals surface area (Å²) in [7, 11) is 0. The number of rotatable bonds is 5. The number of hydrogen-bond donors (Lipinski definition) is 2. The number of hydrogen-bond acceptors (Lipinski definition) is 6. The third-order valence-electron chi connectivity index (χ3n) is 3.53. The number of para-hydroxylation sites is 1. The normalized spacial score (nSPS) is 10.0. The van der Waals surface area contributed by atoms with E-state index in [1.807, 2.05) is 42.6 Å². The Morgan fingerprint density at radius 1 is 1.15 bits per heavy atom. The summed E-state index contributed by atoms with van der Waals surface area (Å²) in [6.45, 7) is 2.38. The van der Waals surface area contributed by atoms with E-state index in [-0.39, 0.29) is 24.8 Å². The molecule has 1 aromatic carbocycles. The first-order chi connectivity index (χ1) is 11.8. The summed E-state index contributed by atoms with van der Waals surface area (Å²) in [6.07, 6.45) is 3.42. The average Bonchev–Trinajstić information content (AvgIpc) is 3.23. The Labute approximate surface area is 166 Å². The molecule has 0 bridgehead atoms. The van der Waals surface area contributed by atoms with Crippen LogP contribution in [0.3, 0.4) is 0 Å². The highest BCUT2D eigenvalue weighted by atomic mass is 35.5. The standard InChI is InChI=1S/C17H15N5OS.2ClH/c1-11-9-24-17(21-11)22-16-14(6-3-7-18-16)23-8-12-4-2-5-13-15(12)20-10-19-13;;/h2-7,9-10H,8H2,1H3,(H,19,20)(H,18,21,22);2*1H. The van der Waals surface area contributed by atoms with Gasteiger partial charge in [0.1, 0.15) is 6.61 Å². The SMILES string of the molecule is Cc1csc(Nc2ncccc2OCc2cccc3[nH]cnc23)n1.Cl.Cl. The molecule has 0 saturated carbocycles. The lowest BCUT2D eigenvalue weighted by Crippen LogP contribution is -2.01. The summed E-state index contributed by atoms with van der Waals surface area (Å²) in [5.41, 5.74) is 3.92. The van der Waals surface area contributed by atoms with Gasteiger partial charge in [0, 0.05) is 17.1 Å². The number of ether oxygens (including phenoxy) is 1. The number of benzene rings is 1. The number of nitrogens with zero attached hydrogens (tertiary/aromatic N) is 3. The van der Waals surface area contributed by atoms with Gasteiger partial charge in [0.05, 0.1) is 23.1 Å². The predicted octanol–water partition coefficient (Wildman–Crippen LogP) is 4.89. The molecule has 0 spiro atoms. The molecule has 0 radical (unpaired) electrons. The third kappa shape index (κ3) is 4.24. The lowest BCUT2D eigenvalue weighted by Gasteiger charge is -2.11. The van der Waals surface area contributed by atoms with Gasteiger partial charge in [0.15, 0.2) is 16.7 Å². The smallest absolute Gasteiger partial charge is 0.188 e. The Kier molecular flexibility index (Phi) is 6.79. The topological polar surface area (TPSA) is 75.7 Å². The van der Waals surface area contributed by atoms with Crippen molar-refractivity contribution in [2.24, 2.45) is 0 Å². The Morgan fingerprint density at radius 2 is 2.04 bits per heavy atom. The van der Waals surface area contributed by atoms with Crippen molar-refractivity contribution in [1.29, 1.82) is 0 Å². The van der Waals surface area contributed by atoms with Gasteiger partial charge in [-0.15, -0.1) is 36.2 Å². The molecule has 0 fully saturated rings. The molecule has 0 atom stereocenters. The van der Waals surface area contributed by atoms with Crippen molar-refractivity contribution >= 4 is 58.1 Å². The van der Waals surface area contributed by atoms with Gasteiger partial charge in [-0.3, -0.25) is 0 Å². The van der Waals surface area contributed by atoms with Gasteiger partial charge in [-0.05, 0) is 25.1 Å². The maximum absolute atomic E-state index is 5.98. The fourth-order valence-electron chi connectivity index (χ4n) is 2.41. The van der Waals surface area contributed by atoms with Crippen molar-refractivity contribution in [3.63, 3.8) is 0 Å². The number of anilines is 2. The molecule has 0 aliphatic rings. The Hall–Kier alpha value is -2.35. The van der Waals surface area contributed by atoms with Crippen LogP contribution in [-0.4, -0.2) is 19.9 Å². The number of nitrogens with one attached hydrogen (secondary N) is 2. The molecule has 6 nitrogen and oxygen atoms in total. The van der Waals surface area contributed by atoms with E-state index in [2.05, 4.69) is 25.3 Å². The Balaban J connectivity index is 0.00000121. The second-order valence-corrected chi connectivity index (χ2v) is 6.13. The second kappa shape index (κ2) is 8.84. The summed E-state index contributed by atoms with van der Waals surface area (Å²) in [5.74, 6) is 1.33. The number of pyridine rings is 1. The van der Waals surface area contributed by atoms with Crippen molar-refractivity contribution in [3.05, 3.63) is 59.5 Å². The number of aryl methyl sites for hydroxylation is 1. The lowest BCUT2D eigenvalue weighted by molar-refractivity contribution is 0.308. The van der Waals surface area contributed by atoms with Crippen LogP contribution < -0.4 is 10.1 Å². The molecule has 0 aliphatic carbocycles. The van der Waals surface area contributed by atoms with Crippen LogP contribution in [0.2, 0.25) is 0 Å². The highest BCUT2D eigenvalue weighted by Crippen LogP contribution is 2.28. The minimum absolute atomic E-state index is 0. The van der Waals surface area contributed by atoms with Crippen LogP contribution in [-0.2, 0) is 6.61 Å². The van der Waals surface area contributed by atoms with E-state index in [1.54, 1.807) is 12.5 Å². The maximum atomic E-state index is 5.98. The number of thiazole rings is 1. The zero-order valence-electron chi connectivity index (χ0n) is 13.8. The molecule has 4 aromatic rings. The van der Waals surface area contributed by atoms with Crippen LogP contribution in [0.5, 0.6) is 5.75 Å². The maximum Gasteiger partial charge on any atom is 0.188 e. The number of aromatic nitrogens is 4. The average molecular weight is 410 g/mol. The van der Waals surface area contributed by atoms with Gasteiger partial charge in [0.2, 0.25) is 0 Å². The highest BCUT2D eigenvalue weighted by molar-refractivity contribution is 7.13. The summed E-state index contributed by atoms with van der Waals surface area (Å²) in [4.78, 5) is 16.2. The number of halogens is 2. The van der Waals surface area contributed by atoms with E-state index >= 15 is 0 Å². The largest absolute Gasteiger partial charge is 0.485 e. The van der Waals surface area contributed by atoms with Crippen molar-refractivity contribution in [2.45, 2.75) is 13.5 Å². The molecule has 2 N–H and O–H groups in total. The third-order valence-corrected chi connectivity index (χ3v) is 4.41. The molecule has 3 aromatic heterocycles. The van der Waals surface area contributed by atoms with Crippen LogP contribution in [0.1, 0.15) is 11.3 Å². The molecule has 136 valence electrons. The summed E-state index contributed by atoms with van der Waals surface area (Å²) >= 11 is 1.54. The molecule has 4 rings (SSSR count). The van der Waals surface area contributed by atoms with Crippen molar-refractivity contribution < 1.29 is 4.74 Å². The highest BCUT2D eigenvalue weighted by Gasteiger charge is 2.09. The van der Waals surface area contributed by atoms with E-state index in [4.69, 9.17) is 4.74 Å². The van der Waals surface area contributed by atoms with Crippen LogP contribution in [0.25, 0.3) is 11.0 Å². The molecule has 26 heavy (non-hydrogen) atoms. The molecule has 0 aliphatic heterocycles. The van der Waals surface area contributed by atoms with Gasteiger partial charge >= 0.3 is 0 Å². The first-order valence-corrected chi connectivity index (χ1v) is 8.35. The van der Waals surface area contributed by atoms with E-state index in [0.29, 0.717) is 18.2 Å². The Bertz CT molecular complexity index is 988. The molecule has 0 unspecified atom stereocenters. The zero-order valence-corrected chi connectivity index (χ0v) is 16.3. The first-order valence-electron chi connectivity index (χ1n) is 7.47. The minimum Gasteiger partial charge on any atom is -0.485 e. The summed E-state index contributed by atoms with van der Waals surface area (Å²) < 4.78 is 5.98. The first kappa shape index (κ1) is 20.0. The van der Waals surface area contributed by atoms with Gasteiger partial charge in [0.25, 0.3) is 0 Å². The molecule has 9 heteroatoms. The lowest BCUT2D eigenvalue weighted by atomic mass is 10.2. The molecular formula is C17H17Cl2N5OS. The zero-order chi connectivity index (χ0) is 16.4. The van der Waals surface area contributed by atoms with Crippen LogP contribution >= 0.6 is 36.2 Å². The monoisotopic (exact) mass is 409 g/mol.